The molecule has 0 bridgehead atoms. The second-order valence-corrected chi connectivity index (χ2v) is 4.15. The largest absolute Gasteiger partial charge is 0.329 e. The number of H-pyrrole nitrogens is 1. The number of unbranched alkanes of at least 4 members (excludes halogenated alkanes) is 1. The average Bonchev–Trinajstić information content (AvgIpc) is 2.26. The maximum absolute atomic E-state index is 11.5. The van der Waals surface area contributed by atoms with Crippen molar-refractivity contribution in [2.45, 2.75) is 46.0 Å². The quantitative estimate of drug-likeness (QED) is 0.763. The fourth-order valence-corrected chi connectivity index (χ4v) is 1.87. The van der Waals surface area contributed by atoms with E-state index in [2.05, 4.69) is 18.8 Å². The molecule has 1 heterocycles. The zero-order valence-electron chi connectivity index (χ0n) is 9.75. The van der Waals surface area contributed by atoms with Gasteiger partial charge in [0.25, 0.3) is 5.56 Å². The van der Waals surface area contributed by atoms with Crippen molar-refractivity contribution in [3.05, 3.63) is 34.2 Å². The highest BCUT2D eigenvalue weighted by atomic mass is 16.1. The van der Waals surface area contributed by atoms with E-state index in [4.69, 9.17) is 0 Å². The molecule has 84 valence electrons. The van der Waals surface area contributed by atoms with Gasteiger partial charge in [-0.1, -0.05) is 45.6 Å². The minimum absolute atomic E-state index is 0.0763. The Kier molecular flexibility index (Phi) is 5.16. The Labute approximate surface area is 91.7 Å². The molecule has 1 rings (SSSR count). The lowest BCUT2D eigenvalue weighted by atomic mass is 9.93. The summed E-state index contributed by atoms with van der Waals surface area (Å²) >= 11 is 0. The number of nitrogens with one attached hydrogen (secondary N) is 1. The third kappa shape index (κ3) is 3.90. The Morgan fingerprint density at radius 2 is 2.20 bits per heavy atom. The van der Waals surface area contributed by atoms with E-state index in [-0.39, 0.29) is 5.56 Å². The van der Waals surface area contributed by atoms with E-state index in [0.29, 0.717) is 5.92 Å². The molecule has 0 aliphatic carbocycles. The summed E-state index contributed by atoms with van der Waals surface area (Å²) in [5, 5.41) is 0. The summed E-state index contributed by atoms with van der Waals surface area (Å²) in [6.07, 6.45) is 7.52. The molecule has 2 nitrogen and oxygen atoms in total. The van der Waals surface area contributed by atoms with Gasteiger partial charge in [0.05, 0.1) is 0 Å². The molecular weight excluding hydrogens is 186 g/mol. The van der Waals surface area contributed by atoms with Crippen LogP contribution in [0.1, 0.15) is 45.1 Å². The van der Waals surface area contributed by atoms with E-state index in [1.165, 1.54) is 19.3 Å². The smallest absolute Gasteiger partial charge is 0.251 e. The van der Waals surface area contributed by atoms with Gasteiger partial charge in [0.1, 0.15) is 0 Å². The van der Waals surface area contributed by atoms with Crippen molar-refractivity contribution in [2.75, 3.05) is 0 Å². The van der Waals surface area contributed by atoms with Gasteiger partial charge in [-0.05, 0) is 18.4 Å². The third-order valence-corrected chi connectivity index (χ3v) is 2.95. The molecular formula is C13H21NO. The minimum atomic E-state index is 0.0763. The summed E-state index contributed by atoms with van der Waals surface area (Å²) in [5.74, 6) is 0.661. The summed E-state index contributed by atoms with van der Waals surface area (Å²) in [7, 11) is 0. The van der Waals surface area contributed by atoms with Gasteiger partial charge in [-0.15, -0.1) is 0 Å². The van der Waals surface area contributed by atoms with E-state index in [1.54, 1.807) is 6.20 Å². The number of aromatic nitrogens is 1. The first-order chi connectivity index (χ1) is 7.27. The van der Waals surface area contributed by atoms with E-state index >= 15 is 0 Å². The van der Waals surface area contributed by atoms with E-state index in [9.17, 15) is 4.79 Å². The SMILES string of the molecule is CCCCC(CC)Cc1ccc[nH]c1=O. The molecule has 0 spiro atoms. The predicted molar refractivity (Wildman–Crippen MR) is 64.1 cm³/mol. The van der Waals surface area contributed by atoms with Crippen LogP contribution < -0.4 is 5.56 Å². The van der Waals surface area contributed by atoms with Crippen LogP contribution in [0.2, 0.25) is 0 Å². The summed E-state index contributed by atoms with van der Waals surface area (Å²) in [6, 6.07) is 3.84. The van der Waals surface area contributed by atoms with Crippen LogP contribution in [0.5, 0.6) is 0 Å². The molecule has 0 aliphatic rings. The van der Waals surface area contributed by atoms with Gasteiger partial charge in [-0.25, -0.2) is 0 Å². The van der Waals surface area contributed by atoms with Crippen molar-refractivity contribution < 1.29 is 0 Å². The second kappa shape index (κ2) is 6.44. The topological polar surface area (TPSA) is 32.9 Å². The maximum Gasteiger partial charge on any atom is 0.251 e. The molecule has 1 aromatic heterocycles. The van der Waals surface area contributed by atoms with Crippen molar-refractivity contribution in [3.63, 3.8) is 0 Å². The van der Waals surface area contributed by atoms with Crippen LogP contribution in [0.25, 0.3) is 0 Å². The van der Waals surface area contributed by atoms with Crippen molar-refractivity contribution in [3.8, 4) is 0 Å². The van der Waals surface area contributed by atoms with E-state index in [1.807, 2.05) is 12.1 Å². The highest BCUT2D eigenvalue weighted by Gasteiger charge is 2.08. The van der Waals surface area contributed by atoms with E-state index in [0.717, 1.165) is 18.4 Å². The Bertz CT molecular complexity index is 329. The first-order valence-corrected chi connectivity index (χ1v) is 5.94. The molecule has 0 saturated heterocycles. The molecule has 15 heavy (non-hydrogen) atoms. The molecule has 0 amide bonds. The van der Waals surface area contributed by atoms with Crippen LogP contribution in [-0.2, 0) is 6.42 Å². The molecule has 1 unspecified atom stereocenters. The number of pyridine rings is 1. The average molecular weight is 207 g/mol. The second-order valence-electron chi connectivity index (χ2n) is 4.15. The lowest BCUT2D eigenvalue weighted by Gasteiger charge is -2.13. The Morgan fingerprint density at radius 1 is 1.40 bits per heavy atom. The first kappa shape index (κ1) is 12.0. The lowest BCUT2D eigenvalue weighted by Crippen LogP contribution is -2.15. The molecule has 0 aromatic carbocycles. The predicted octanol–water partition coefficient (Wildman–Crippen LogP) is 3.13. The summed E-state index contributed by atoms with van der Waals surface area (Å²) in [6.45, 7) is 4.42. The van der Waals surface area contributed by atoms with Gasteiger partial charge >= 0.3 is 0 Å². The number of aromatic amines is 1. The van der Waals surface area contributed by atoms with Crippen LogP contribution in [0.15, 0.2) is 23.1 Å². The minimum Gasteiger partial charge on any atom is -0.329 e. The van der Waals surface area contributed by atoms with Crippen LogP contribution in [-0.4, -0.2) is 4.98 Å². The third-order valence-electron chi connectivity index (χ3n) is 2.95. The van der Waals surface area contributed by atoms with Gasteiger partial charge < -0.3 is 4.98 Å². The summed E-state index contributed by atoms with van der Waals surface area (Å²) < 4.78 is 0. The molecule has 1 atom stereocenters. The summed E-state index contributed by atoms with van der Waals surface area (Å²) in [5.41, 5.74) is 1.01. The number of hydrogen-bond acceptors (Lipinski definition) is 1. The molecule has 0 radical (unpaired) electrons. The summed E-state index contributed by atoms with van der Waals surface area (Å²) in [4.78, 5) is 14.2. The zero-order chi connectivity index (χ0) is 11.1. The van der Waals surface area contributed by atoms with Crippen LogP contribution in [0.4, 0.5) is 0 Å². The van der Waals surface area contributed by atoms with Gasteiger partial charge in [0, 0.05) is 11.8 Å². The van der Waals surface area contributed by atoms with Crippen molar-refractivity contribution in [1.29, 1.82) is 0 Å². The standard InChI is InChI=1S/C13H21NO/c1-3-5-7-11(4-2)10-12-8-6-9-14-13(12)15/h6,8-9,11H,3-5,7,10H2,1-2H3,(H,14,15). The maximum atomic E-state index is 11.5. The fourth-order valence-electron chi connectivity index (χ4n) is 1.87. The van der Waals surface area contributed by atoms with Crippen molar-refractivity contribution in [1.82, 2.24) is 4.98 Å². The zero-order valence-corrected chi connectivity index (χ0v) is 9.75. The number of rotatable bonds is 6. The highest BCUT2D eigenvalue weighted by molar-refractivity contribution is 5.09. The van der Waals surface area contributed by atoms with Gasteiger partial charge in [0.15, 0.2) is 0 Å². The molecule has 1 aromatic rings. The molecule has 1 N–H and O–H groups in total. The Balaban J connectivity index is 2.58. The number of hydrogen-bond donors (Lipinski definition) is 1. The van der Waals surface area contributed by atoms with Gasteiger partial charge in [-0.2, -0.15) is 0 Å². The van der Waals surface area contributed by atoms with Gasteiger partial charge in [-0.3, -0.25) is 4.79 Å². The highest BCUT2D eigenvalue weighted by Crippen LogP contribution is 2.16. The molecule has 0 aliphatic heterocycles. The molecule has 0 fully saturated rings. The van der Waals surface area contributed by atoms with Crippen LogP contribution in [0.3, 0.4) is 0 Å². The fraction of sp³-hybridized carbons (Fsp3) is 0.615. The van der Waals surface area contributed by atoms with Crippen molar-refractivity contribution in [2.24, 2.45) is 5.92 Å². The normalized spacial score (nSPS) is 12.7. The monoisotopic (exact) mass is 207 g/mol. The van der Waals surface area contributed by atoms with E-state index < -0.39 is 0 Å². The van der Waals surface area contributed by atoms with Crippen molar-refractivity contribution >= 4 is 0 Å². The molecule has 2 heteroatoms. The lowest BCUT2D eigenvalue weighted by molar-refractivity contribution is 0.447. The van der Waals surface area contributed by atoms with Crippen LogP contribution in [0, 0.1) is 5.92 Å². The Hall–Kier alpha value is -1.05. The first-order valence-electron chi connectivity index (χ1n) is 5.94. The molecule has 0 saturated carbocycles. The Morgan fingerprint density at radius 3 is 2.80 bits per heavy atom. The van der Waals surface area contributed by atoms with Gasteiger partial charge in [0.2, 0.25) is 0 Å². The van der Waals surface area contributed by atoms with Crippen LogP contribution >= 0.6 is 0 Å².